The van der Waals surface area contributed by atoms with Gasteiger partial charge in [0.2, 0.25) is 5.91 Å². The van der Waals surface area contributed by atoms with Crippen LogP contribution in [-0.2, 0) is 15.1 Å². The Hall–Kier alpha value is -1.42. The number of hydrogen-bond acceptors (Lipinski definition) is 2. The van der Waals surface area contributed by atoms with Crippen molar-refractivity contribution in [2.75, 3.05) is 13.7 Å². The molecule has 0 heterocycles. The summed E-state index contributed by atoms with van der Waals surface area (Å²) in [6.45, 7) is 3.95. The summed E-state index contributed by atoms with van der Waals surface area (Å²) >= 11 is 0. The van der Waals surface area contributed by atoms with Gasteiger partial charge in [-0.15, -0.1) is 0 Å². The van der Waals surface area contributed by atoms with E-state index < -0.39 is 5.60 Å². The molecule has 18 heavy (non-hydrogen) atoms. The molecule has 0 unspecified atom stereocenters. The van der Waals surface area contributed by atoms with Crippen LogP contribution in [0.25, 0.3) is 0 Å². The zero-order valence-electron chi connectivity index (χ0n) is 11.1. The molecule has 1 rings (SSSR count). The maximum atomic E-state index is 13.8. The predicted octanol–water partition coefficient (Wildman–Crippen LogP) is 2.60. The summed E-state index contributed by atoms with van der Waals surface area (Å²) in [5.41, 5.74) is -0.404. The van der Waals surface area contributed by atoms with Gasteiger partial charge in [0.05, 0.1) is 6.54 Å². The molecule has 0 aliphatic rings. The van der Waals surface area contributed by atoms with Gasteiger partial charge in [-0.25, -0.2) is 4.39 Å². The first kappa shape index (κ1) is 14.6. The standard InChI is InChI=1S/C14H20FNO2/c1-4-7-13(17)16-10-14(2,18-3)11-8-5-6-9-12(11)15/h5-6,8-9H,4,7,10H2,1-3H3,(H,16,17)/t14-/m1/s1. The van der Waals surface area contributed by atoms with Crippen molar-refractivity contribution in [1.82, 2.24) is 5.32 Å². The maximum absolute atomic E-state index is 13.8. The van der Waals surface area contributed by atoms with Crippen molar-refractivity contribution in [2.45, 2.75) is 32.3 Å². The summed E-state index contributed by atoms with van der Waals surface area (Å²) < 4.78 is 19.1. The van der Waals surface area contributed by atoms with Crippen molar-refractivity contribution in [2.24, 2.45) is 0 Å². The molecular formula is C14H20FNO2. The number of benzene rings is 1. The molecule has 0 radical (unpaired) electrons. The van der Waals surface area contributed by atoms with Crippen LogP contribution >= 0.6 is 0 Å². The molecule has 1 aromatic rings. The fourth-order valence-electron chi connectivity index (χ4n) is 1.75. The average molecular weight is 253 g/mol. The molecule has 0 spiro atoms. The first-order valence-corrected chi connectivity index (χ1v) is 6.10. The van der Waals surface area contributed by atoms with Crippen LogP contribution in [-0.4, -0.2) is 19.6 Å². The highest BCUT2D eigenvalue weighted by Crippen LogP contribution is 2.26. The number of hydrogen-bond donors (Lipinski definition) is 1. The number of halogens is 1. The monoisotopic (exact) mass is 253 g/mol. The SMILES string of the molecule is CCCC(=O)NC[C@@](C)(OC)c1ccccc1F. The van der Waals surface area contributed by atoms with Crippen LogP contribution in [0.5, 0.6) is 0 Å². The minimum Gasteiger partial charge on any atom is -0.372 e. The molecular weight excluding hydrogens is 233 g/mol. The minimum absolute atomic E-state index is 0.0443. The Morgan fingerprint density at radius 2 is 2.11 bits per heavy atom. The van der Waals surface area contributed by atoms with E-state index in [0.717, 1.165) is 6.42 Å². The molecule has 0 saturated carbocycles. The average Bonchev–Trinajstić information content (AvgIpc) is 2.37. The minimum atomic E-state index is -0.852. The number of carbonyl (C=O) groups is 1. The summed E-state index contributed by atoms with van der Waals surface area (Å²) in [6.07, 6.45) is 1.26. The first-order valence-electron chi connectivity index (χ1n) is 6.10. The third kappa shape index (κ3) is 3.53. The van der Waals surface area contributed by atoms with Crippen molar-refractivity contribution in [1.29, 1.82) is 0 Å². The van der Waals surface area contributed by atoms with Crippen LogP contribution in [0.3, 0.4) is 0 Å². The Kier molecular flexibility index (Phi) is 5.28. The van der Waals surface area contributed by atoms with Crippen LogP contribution in [0.2, 0.25) is 0 Å². The number of nitrogens with one attached hydrogen (secondary N) is 1. The fourth-order valence-corrected chi connectivity index (χ4v) is 1.75. The summed E-state index contributed by atoms with van der Waals surface area (Å²) in [5, 5.41) is 2.77. The fraction of sp³-hybridized carbons (Fsp3) is 0.500. The topological polar surface area (TPSA) is 38.3 Å². The Morgan fingerprint density at radius 1 is 1.44 bits per heavy atom. The van der Waals surface area contributed by atoms with Gasteiger partial charge in [-0.1, -0.05) is 25.1 Å². The van der Waals surface area contributed by atoms with Gasteiger partial charge in [-0.2, -0.15) is 0 Å². The normalized spacial score (nSPS) is 14.0. The molecule has 0 fully saturated rings. The zero-order valence-corrected chi connectivity index (χ0v) is 11.1. The third-order valence-corrected chi connectivity index (χ3v) is 2.99. The lowest BCUT2D eigenvalue weighted by atomic mass is 9.95. The quantitative estimate of drug-likeness (QED) is 0.846. The number of rotatable bonds is 6. The zero-order chi connectivity index (χ0) is 13.6. The molecule has 100 valence electrons. The molecule has 0 saturated heterocycles. The van der Waals surface area contributed by atoms with Crippen LogP contribution in [0.4, 0.5) is 4.39 Å². The molecule has 0 aromatic heterocycles. The number of amides is 1. The van der Waals surface area contributed by atoms with Crippen molar-refractivity contribution < 1.29 is 13.9 Å². The van der Waals surface area contributed by atoms with E-state index in [-0.39, 0.29) is 18.3 Å². The van der Waals surface area contributed by atoms with E-state index in [4.69, 9.17) is 4.74 Å². The lowest BCUT2D eigenvalue weighted by molar-refractivity contribution is -0.122. The van der Waals surface area contributed by atoms with Crippen LogP contribution < -0.4 is 5.32 Å². The molecule has 3 nitrogen and oxygen atoms in total. The molecule has 0 aliphatic heterocycles. The largest absolute Gasteiger partial charge is 0.372 e. The van der Waals surface area contributed by atoms with Gasteiger partial charge in [0.25, 0.3) is 0 Å². The van der Waals surface area contributed by atoms with Gasteiger partial charge in [0.15, 0.2) is 0 Å². The third-order valence-electron chi connectivity index (χ3n) is 2.99. The number of carbonyl (C=O) groups excluding carboxylic acids is 1. The van der Waals surface area contributed by atoms with Gasteiger partial charge in [-0.05, 0) is 19.4 Å². The Bertz CT molecular complexity index is 409. The van der Waals surface area contributed by atoms with Gasteiger partial charge < -0.3 is 10.1 Å². The molecule has 1 N–H and O–H groups in total. The number of ether oxygens (including phenoxy) is 1. The highest BCUT2D eigenvalue weighted by Gasteiger charge is 2.29. The van der Waals surface area contributed by atoms with Gasteiger partial charge in [0, 0.05) is 19.1 Å². The lowest BCUT2D eigenvalue weighted by Crippen LogP contribution is -2.40. The lowest BCUT2D eigenvalue weighted by Gasteiger charge is -2.29. The van der Waals surface area contributed by atoms with E-state index in [0.29, 0.717) is 12.0 Å². The Labute approximate surface area is 107 Å². The summed E-state index contributed by atoms with van der Waals surface area (Å²) in [4.78, 5) is 11.5. The van der Waals surface area contributed by atoms with E-state index in [1.807, 2.05) is 6.92 Å². The van der Waals surface area contributed by atoms with Gasteiger partial charge >= 0.3 is 0 Å². The highest BCUT2D eigenvalue weighted by atomic mass is 19.1. The van der Waals surface area contributed by atoms with E-state index in [1.54, 1.807) is 25.1 Å². The van der Waals surface area contributed by atoms with E-state index in [1.165, 1.54) is 13.2 Å². The van der Waals surface area contributed by atoms with E-state index >= 15 is 0 Å². The molecule has 0 bridgehead atoms. The second-order valence-electron chi connectivity index (χ2n) is 4.44. The van der Waals surface area contributed by atoms with E-state index in [2.05, 4.69) is 5.32 Å². The van der Waals surface area contributed by atoms with Gasteiger partial charge in [0.1, 0.15) is 11.4 Å². The summed E-state index contributed by atoms with van der Waals surface area (Å²) in [7, 11) is 1.51. The van der Waals surface area contributed by atoms with Crippen LogP contribution in [0.15, 0.2) is 24.3 Å². The molecule has 0 aliphatic carbocycles. The molecule has 1 amide bonds. The smallest absolute Gasteiger partial charge is 0.220 e. The maximum Gasteiger partial charge on any atom is 0.220 e. The van der Waals surface area contributed by atoms with Crippen molar-refractivity contribution in [3.8, 4) is 0 Å². The van der Waals surface area contributed by atoms with Crippen LogP contribution in [0, 0.1) is 5.82 Å². The van der Waals surface area contributed by atoms with Crippen molar-refractivity contribution in [3.05, 3.63) is 35.6 Å². The highest BCUT2D eigenvalue weighted by molar-refractivity contribution is 5.75. The first-order chi connectivity index (χ1) is 8.53. The van der Waals surface area contributed by atoms with Crippen LogP contribution in [0.1, 0.15) is 32.3 Å². The Balaban J connectivity index is 2.80. The summed E-state index contributed by atoms with van der Waals surface area (Å²) in [6, 6.07) is 6.44. The molecule has 4 heteroatoms. The summed E-state index contributed by atoms with van der Waals surface area (Å²) in [5.74, 6) is -0.372. The Morgan fingerprint density at radius 3 is 2.67 bits per heavy atom. The molecule has 1 atom stereocenters. The van der Waals surface area contributed by atoms with Gasteiger partial charge in [-0.3, -0.25) is 4.79 Å². The second kappa shape index (κ2) is 6.50. The van der Waals surface area contributed by atoms with Crippen molar-refractivity contribution >= 4 is 5.91 Å². The number of methoxy groups -OCH3 is 1. The van der Waals surface area contributed by atoms with Crippen molar-refractivity contribution in [3.63, 3.8) is 0 Å². The predicted molar refractivity (Wildman–Crippen MR) is 68.7 cm³/mol. The second-order valence-corrected chi connectivity index (χ2v) is 4.44. The van der Waals surface area contributed by atoms with E-state index in [9.17, 15) is 9.18 Å². The molecule has 1 aromatic carbocycles.